The quantitative estimate of drug-likeness (QED) is 0.846. The molecule has 0 radical (unpaired) electrons. The molecule has 0 unspecified atom stereocenters. The number of hydrazine groups is 2. The van der Waals surface area contributed by atoms with E-state index in [4.69, 9.17) is 0 Å². The number of unbranched alkanes of at least 4 members (excludes halogenated alkanes) is 1. The second kappa shape index (κ2) is 5.55. The van der Waals surface area contributed by atoms with Crippen molar-refractivity contribution in [2.24, 2.45) is 5.10 Å². The Labute approximate surface area is 124 Å². The molecule has 110 valence electrons. The van der Waals surface area contributed by atoms with E-state index in [-0.39, 0.29) is 5.78 Å². The molecule has 0 saturated carbocycles. The Kier molecular flexibility index (Phi) is 3.60. The molecule has 3 rings (SSSR count). The van der Waals surface area contributed by atoms with Crippen LogP contribution in [0.15, 0.2) is 41.4 Å². The molecule has 0 spiro atoms. The summed E-state index contributed by atoms with van der Waals surface area (Å²) in [6.45, 7) is 2.45. The van der Waals surface area contributed by atoms with Crippen molar-refractivity contribution < 1.29 is 4.79 Å². The molecule has 1 aromatic rings. The van der Waals surface area contributed by atoms with E-state index in [2.05, 4.69) is 17.0 Å². The van der Waals surface area contributed by atoms with Crippen LogP contribution in [0.5, 0.6) is 0 Å². The average molecular weight is 285 g/mol. The lowest BCUT2D eigenvalue weighted by molar-refractivity contribution is -0.115. The summed E-state index contributed by atoms with van der Waals surface area (Å²) in [5.41, 5.74) is 2.74. The molecule has 0 aliphatic carbocycles. The van der Waals surface area contributed by atoms with Gasteiger partial charge in [-0.2, -0.15) is 15.3 Å². The highest BCUT2D eigenvalue weighted by Crippen LogP contribution is 2.30. The fourth-order valence-electron chi connectivity index (χ4n) is 2.61. The number of carbonyl (C=O) groups is 1. The number of ketones is 1. The lowest BCUT2D eigenvalue weighted by atomic mass is 10.1. The molecule has 0 saturated heterocycles. The summed E-state index contributed by atoms with van der Waals surface area (Å²) >= 11 is 0. The molecule has 0 atom stereocenters. The maximum absolute atomic E-state index is 12.1. The molecule has 0 bridgehead atoms. The van der Waals surface area contributed by atoms with Gasteiger partial charge in [0.15, 0.2) is 5.78 Å². The third-order valence-electron chi connectivity index (χ3n) is 3.59. The number of fused-ring (bicyclic) bond motifs is 1. The Morgan fingerprint density at radius 1 is 1.38 bits per heavy atom. The minimum atomic E-state index is 0.0876. The summed E-state index contributed by atoms with van der Waals surface area (Å²) in [6.07, 6.45) is 8.24. The van der Waals surface area contributed by atoms with Crippen LogP contribution in [-0.4, -0.2) is 40.3 Å². The summed E-state index contributed by atoms with van der Waals surface area (Å²) < 4.78 is 0. The molecule has 6 nitrogen and oxygen atoms in total. The number of aromatic nitrogens is 1. The maximum atomic E-state index is 12.1. The zero-order valence-corrected chi connectivity index (χ0v) is 12.4. The monoisotopic (exact) mass is 285 g/mol. The normalized spacial score (nSPS) is 17.8. The van der Waals surface area contributed by atoms with E-state index in [0.717, 1.165) is 36.4 Å². The Morgan fingerprint density at radius 3 is 2.95 bits per heavy atom. The summed E-state index contributed by atoms with van der Waals surface area (Å²) in [4.78, 5) is 16.2. The van der Waals surface area contributed by atoms with Gasteiger partial charge in [-0.25, -0.2) is 0 Å². The molecule has 6 heteroatoms. The number of pyridine rings is 1. The molecular formula is C15H19N5O. The smallest absolute Gasteiger partial charge is 0.179 e. The van der Waals surface area contributed by atoms with Gasteiger partial charge in [0.1, 0.15) is 12.2 Å². The molecule has 0 amide bonds. The number of hydrogen-bond acceptors (Lipinski definition) is 6. The molecule has 2 aliphatic rings. The molecule has 3 heterocycles. The maximum Gasteiger partial charge on any atom is 0.179 e. The van der Waals surface area contributed by atoms with Gasteiger partial charge in [0.2, 0.25) is 0 Å². The fourth-order valence-corrected chi connectivity index (χ4v) is 2.61. The zero-order valence-electron chi connectivity index (χ0n) is 12.4. The summed E-state index contributed by atoms with van der Waals surface area (Å²) in [7, 11) is 1.89. The lowest BCUT2D eigenvalue weighted by Gasteiger charge is -2.40. The van der Waals surface area contributed by atoms with Crippen LogP contribution >= 0.6 is 0 Å². The first-order valence-corrected chi connectivity index (χ1v) is 7.24. The van der Waals surface area contributed by atoms with Crippen molar-refractivity contribution >= 4 is 17.2 Å². The van der Waals surface area contributed by atoms with Crippen LogP contribution in [0.25, 0.3) is 0 Å². The number of anilines is 1. The minimum absolute atomic E-state index is 0.0876. The largest absolute Gasteiger partial charge is 0.293 e. The Morgan fingerprint density at radius 2 is 2.24 bits per heavy atom. The van der Waals surface area contributed by atoms with E-state index in [9.17, 15) is 4.79 Å². The van der Waals surface area contributed by atoms with Gasteiger partial charge in [-0.1, -0.05) is 13.3 Å². The summed E-state index contributed by atoms with van der Waals surface area (Å²) in [5, 5.41) is 10.2. The third-order valence-corrected chi connectivity index (χ3v) is 3.59. The van der Waals surface area contributed by atoms with Crippen LogP contribution < -0.4 is 5.01 Å². The minimum Gasteiger partial charge on any atom is -0.293 e. The van der Waals surface area contributed by atoms with Gasteiger partial charge in [0, 0.05) is 19.3 Å². The van der Waals surface area contributed by atoms with Gasteiger partial charge in [-0.3, -0.25) is 14.8 Å². The highest BCUT2D eigenvalue weighted by Gasteiger charge is 2.36. The third kappa shape index (κ3) is 2.49. The molecule has 0 aromatic carbocycles. The van der Waals surface area contributed by atoms with Crippen LogP contribution in [-0.2, 0) is 4.79 Å². The molecule has 21 heavy (non-hydrogen) atoms. The first-order chi connectivity index (χ1) is 10.2. The Bertz CT molecular complexity index is 595. The van der Waals surface area contributed by atoms with Crippen LogP contribution in [0.4, 0.5) is 5.69 Å². The number of hydrogen-bond donors (Lipinski definition) is 0. The van der Waals surface area contributed by atoms with Crippen LogP contribution in [0.2, 0.25) is 0 Å². The highest BCUT2D eigenvalue weighted by molar-refractivity contribution is 6.08. The van der Waals surface area contributed by atoms with Crippen LogP contribution in [0.1, 0.15) is 26.2 Å². The van der Waals surface area contributed by atoms with Gasteiger partial charge in [-0.15, -0.1) is 0 Å². The van der Waals surface area contributed by atoms with E-state index in [1.165, 1.54) is 0 Å². The number of rotatable bonds is 4. The van der Waals surface area contributed by atoms with Crippen molar-refractivity contribution in [3.05, 3.63) is 36.3 Å². The van der Waals surface area contributed by atoms with E-state index < -0.39 is 0 Å². The van der Waals surface area contributed by atoms with Crippen molar-refractivity contribution in [1.29, 1.82) is 0 Å². The molecule has 2 aliphatic heterocycles. The van der Waals surface area contributed by atoms with E-state index in [1.54, 1.807) is 23.6 Å². The second-order valence-electron chi connectivity index (χ2n) is 5.19. The van der Waals surface area contributed by atoms with Crippen LogP contribution in [0, 0.1) is 0 Å². The molecule has 1 aromatic heterocycles. The zero-order chi connectivity index (χ0) is 14.8. The van der Waals surface area contributed by atoms with Gasteiger partial charge in [0.05, 0.1) is 17.6 Å². The number of carbonyl (C=O) groups excluding carboxylic acids is 1. The van der Waals surface area contributed by atoms with Crippen molar-refractivity contribution in [1.82, 2.24) is 15.2 Å². The molecule has 0 fully saturated rings. The van der Waals surface area contributed by atoms with Gasteiger partial charge in [-0.05, 0) is 25.0 Å². The van der Waals surface area contributed by atoms with Gasteiger partial charge in [0.25, 0.3) is 0 Å². The van der Waals surface area contributed by atoms with Crippen molar-refractivity contribution in [3.8, 4) is 0 Å². The van der Waals surface area contributed by atoms with Crippen molar-refractivity contribution in [2.45, 2.75) is 26.2 Å². The average Bonchev–Trinajstić information content (AvgIpc) is 2.81. The first kappa shape index (κ1) is 13.6. The Balaban J connectivity index is 1.92. The Hall–Kier alpha value is -2.37. The standard InChI is InChI=1S/C15H19N5O/c1-3-4-7-14-15-9-13(21)11-19(20(15)18(2)17-14)12-6-5-8-16-10-12/h5-6,8-10H,3-4,7,11H2,1-2H3. The van der Waals surface area contributed by atoms with Gasteiger partial charge < -0.3 is 0 Å². The predicted octanol–water partition coefficient (Wildman–Crippen LogP) is 1.98. The SMILES string of the molecule is CCCCC1=NN(C)N2C1=CC(=O)CN2c1cccnc1. The van der Waals surface area contributed by atoms with Gasteiger partial charge >= 0.3 is 0 Å². The number of nitrogens with zero attached hydrogens (tertiary/aromatic N) is 5. The van der Waals surface area contributed by atoms with E-state index >= 15 is 0 Å². The molecular weight excluding hydrogens is 266 g/mol. The first-order valence-electron chi connectivity index (χ1n) is 7.24. The fraction of sp³-hybridized carbons (Fsp3) is 0.400. The molecule has 0 N–H and O–H groups in total. The van der Waals surface area contributed by atoms with Crippen molar-refractivity contribution in [2.75, 3.05) is 18.6 Å². The number of hydrazone groups is 1. The highest BCUT2D eigenvalue weighted by atomic mass is 16.1. The summed E-state index contributed by atoms with van der Waals surface area (Å²) in [5.74, 6) is 0.0876. The topological polar surface area (TPSA) is 52.0 Å². The van der Waals surface area contributed by atoms with Crippen molar-refractivity contribution in [3.63, 3.8) is 0 Å². The summed E-state index contributed by atoms with van der Waals surface area (Å²) in [6, 6.07) is 3.81. The van der Waals surface area contributed by atoms with E-state index in [0.29, 0.717) is 6.54 Å². The predicted molar refractivity (Wildman–Crippen MR) is 81.2 cm³/mol. The second-order valence-corrected chi connectivity index (χ2v) is 5.19. The number of allylic oxidation sites excluding steroid dienone is 1. The van der Waals surface area contributed by atoms with Crippen LogP contribution in [0.3, 0.4) is 0 Å². The van der Waals surface area contributed by atoms with E-state index in [1.807, 2.05) is 29.3 Å². The lowest BCUT2D eigenvalue weighted by Crippen LogP contribution is -2.52.